The average molecular weight is 202 g/mol. The molecule has 0 aliphatic rings. The largest absolute Gasteiger partial charge is 0.369 e. The smallest absolute Gasteiger partial charge is 0.207 e. The Hall–Kier alpha value is -2.28. The van der Waals surface area contributed by atoms with Crippen LogP contribution in [0.3, 0.4) is 0 Å². The van der Waals surface area contributed by atoms with Crippen LogP contribution < -0.4 is 11.1 Å². The van der Waals surface area contributed by atoms with E-state index in [-0.39, 0.29) is 5.96 Å². The van der Waals surface area contributed by atoms with Crippen molar-refractivity contribution in [3.8, 4) is 6.19 Å². The van der Waals surface area contributed by atoms with E-state index in [2.05, 4.69) is 23.5 Å². The molecule has 1 aromatic carbocycles. The van der Waals surface area contributed by atoms with Gasteiger partial charge in [0.15, 0.2) is 6.19 Å². The maximum atomic E-state index is 8.25. The predicted octanol–water partition coefficient (Wildman–Crippen LogP) is 1.81. The minimum absolute atomic E-state index is 0.105. The van der Waals surface area contributed by atoms with Crippen LogP contribution in [-0.2, 0) is 0 Å². The fourth-order valence-corrected chi connectivity index (χ4v) is 0.922. The number of rotatable bonds is 1. The van der Waals surface area contributed by atoms with Crippen molar-refractivity contribution < 1.29 is 0 Å². The lowest BCUT2D eigenvalue weighted by molar-refractivity contribution is 1.21. The number of hydrogen-bond acceptors (Lipinski definition) is 2. The maximum Gasteiger partial charge on any atom is 0.207 e. The number of nitrogens with one attached hydrogen (secondary N) is 1. The first-order chi connectivity index (χ1) is 7.22. The first kappa shape index (κ1) is 12.7. The Bertz CT molecular complexity index is 376. The zero-order chi connectivity index (χ0) is 11.7. The molecule has 0 fully saturated rings. The number of guanidine groups is 1. The number of benzene rings is 1. The van der Waals surface area contributed by atoms with E-state index in [1.165, 1.54) is 0 Å². The third kappa shape index (κ3) is 5.11. The Labute approximate surface area is 89.7 Å². The van der Waals surface area contributed by atoms with Gasteiger partial charge in [0.1, 0.15) is 0 Å². The number of nitrogens with zero attached hydrogens (tertiary/aromatic N) is 2. The molecule has 0 spiro atoms. The molecule has 4 nitrogen and oxygen atoms in total. The van der Waals surface area contributed by atoms with Gasteiger partial charge >= 0.3 is 0 Å². The lowest BCUT2D eigenvalue weighted by Gasteiger charge is -1.97. The summed E-state index contributed by atoms with van der Waals surface area (Å²) in [4.78, 5) is 3.97. The van der Waals surface area contributed by atoms with Crippen LogP contribution in [0.1, 0.15) is 5.56 Å². The molecule has 0 unspecified atom stereocenters. The van der Waals surface area contributed by atoms with Crippen LogP contribution in [0, 0.1) is 18.4 Å². The van der Waals surface area contributed by atoms with Gasteiger partial charge in [0.2, 0.25) is 5.96 Å². The summed E-state index contributed by atoms with van der Waals surface area (Å²) in [5, 5.41) is 10.5. The summed E-state index contributed by atoms with van der Waals surface area (Å²) in [6.07, 6.45) is 1.70. The van der Waals surface area contributed by atoms with E-state index in [0.717, 1.165) is 11.3 Å². The van der Waals surface area contributed by atoms with Crippen molar-refractivity contribution >= 4 is 11.6 Å². The van der Waals surface area contributed by atoms with Crippen molar-refractivity contribution in [2.24, 2.45) is 10.7 Å². The Morgan fingerprint density at radius 3 is 2.73 bits per heavy atom. The second-order valence-electron chi connectivity index (χ2n) is 2.57. The normalized spacial score (nSPS) is 9.47. The fourth-order valence-electron chi connectivity index (χ4n) is 0.922. The zero-order valence-corrected chi connectivity index (χ0v) is 8.70. The van der Waals surface area contributed by atoms with Crippen LogP contribution in [0.2, 0.25) is 0 Å². The first-order valence-corrected chi connectivity index (χ1v) is 4.28. The molecule has 0 aliphatic carbocycles. The molecule has 1 rings (SSSR count). The molecule has 0 saturated carbocycles. The Kier molecular flexibility index (Phi) is 6.07. The van der Waals surface area contributed by atoms with Crippen molar-refractivity contribution in [2.45, 2.75) is 6.92 Å². The van der Waals surface area contributed by atoms with Gasteiger partial charge in [-0.1, -0.05) is 12.1 Å². The van der Waals surface area contributed by atoms with E-state index < -0.39 is 0 Å². The zero-order valence-electron chi connectivity index (χ0n) is 8.70. The van der Waals surface area contributed by atoms with Crippen molar-refractivity contribution in [3.63, 3.8) is 0 Å². The summed E-state index contributed by atoms with van der Waals surface area (Å²) in [6, 6.07) is 7.55. The monoisotopic (exact) mass is 202 g/mol. The van der Waals surface area contributed by atoms with Crippen LogP contribution in [0.4, 0.5) is 5.69 Å². The molecule has 1 aromatic rings. The second kappa shape index (κ2) is 7.15. The lowest BCUT2D eigenvalue weighted by atomic mass is 10.2. The van der Waals surface area contributed by atoms with Gasteiger partial charge in [-0.05, 0) is 24.6 Å². The Morgan fingerprint density at radius 2 is 2.20 bits per heavy atom. The third-order valence-electron chi connectivity index (χ3n) is 1.44. The molecule has 0 saturated heterocycles. The van der Waals surface area contributed by atoms with E-state index in [0.29, 0.717) is 0 Å². The predicted molar refractivity (Wildman–Crippen MR) is 62.5 cm³/mol. The summed E-state index contributed by atoms with van der Waals surface area (Å²) >= 11 is 0. The van der Waals surface area contributed by atoms with Gasteiger partial charge in [0, 0.05) is 0 Å². The van der Waals surface area contributed by atoms with Crippen LogP contribution in [-0.4, -0.2) is 5.96 Å². The molecule has 0 radical (unpaired) electrons. The highest BCUT2D eigenvalue weighted by atomic mass is 15.1. The topological polar surface area (TPSA) is 74.2 Å². The standard InChI is InChI=1S/C9H10N4.C2H4/c1-7-3-2-4-8(5-7)13-9(11)12-6-10;1-2/h2-5H,1H3,(H3,11,12,13);1-2H2. The molecular formula is C11H14N4. The van der Waals surface area contributed by atoms with Gasteiger partial charge in [-0.2, -0.15) is 5.26 Å². The lowest BCUT2D eigenvalue weighted by Crippen LogP contribution is -2.26. The molecule has 78 valence electrons. The fraction of sp³-hybridized carbons (Fsp3) is 0.0909. The molecule has 0 aromatic heterocycles. The van der Waals surface area contributed by atoms with E-state index in [1.807, 2.05) is 31.2 Å². The van der Waals surface area contributed by atoms with Crippen molar-refractivity contribution in [1.82, 2.24) is 5.32 Å². The van der Waals surface area contributed by atoms with Crippen molar-refractivity contribution in [2.75, 3.05) is 0 Å². The summed E-state index contributed by atoms with van der Waals surface area (Å²) in [7, 11) is 0. The quantitative estimate of drug-likeness (QED) is 0.240. The van der Waals surface area contributed by atoms with Gasteiger partial charge in [0.05, 0.1) is 5.69 Å². The van der Waals surface area contributed by atoms with Gasteiger partial charge < -0.3 is 5.73 Å². The van der Waals surface area contributed by atoms with Crippen LogP contribution >= 0.6 is 0 Å². The minimum atomic E-state index is 0.105. The molecule has 4 heteroatoms. The number of aryl methyl sites for hydroxylation is 1. The van der Waals surface area contributed by atoms with Crippen molar-refractivity contribution in [1.29, 1.82) is 5.26 Å². The molecular weight excluding hydrogens is 188 g/mol. The first-order valence-electron chi connectivity index (χ1n) is 4.28. The highest BCUT2D eigenvalue weighted by Crippen LogP contribution is 2.12. The second-order valence-corrected chi connectivity index (χ2v) is 2.57. The van der Waals surface area contributed by atoms with E-state index >= 15 is 0 Å². The van der Waals surface area contributed by atoms with E-state index in [1.54, 1.807) is 6.19 Å². The molecule has 0 aliphatic heterocycles. The van der Waals surface area contributed by atoms with Crippen molar-refractivity contribution in [3.05, 3.63) is 43.0 Å². The molecule has 0 atom stereocenters. The van der Waals surface area contributed by atoms with E-state index in [4.69, 9.17) is 11.0 Å². The number of aliphatic imine (C=N–C) groups is 1. The van der Waals surface area contributed by atoms with Gasteiger partial charge in [-0.15, -0.1) is 13.2 Å². The molecule has 0 bridgehead atoms. The van der Waals surface area contributed by atoms with Crippen LogP contribution in [0.15, 0.2) is 42.4 Å². The summed E-state index contributed by atoms with van der Waals surface area (Å²) in [5.74, 6) is 0.105. The summed E-state index contributed by atoms with van der Waals surface area (Å²) in [6.45, 7) is 7.97. The molecule has 15 heavy (non-hydrogen) atoms. The molecule has 0 amide bonds. The minimum Gasteiger partial charge on any atom is -0.369 e. The number of hydrogen-bond donors (Lipinski definition) is 2. The highest BCUT2D eigenvalue weighted by Gasteiger charge is 1.91. The van der Waals surface area contributed by atoms with Crippen LogP contribution in [0.5, 0.6) is 0 Å². The maximum absolute atomic E-state index is 8.25. The number of nitriles is 1. The molecule has 3 N–H and O–H groups in total. The average Bonchev–Trinajstić information content (AvgIpc) is 2.21. The van der Waals surface area contributed by atoms with Gasteiger partial charge in [0.25, 0.3) is 0 Å². The SMILES string of the molecule is C=C.Cc1cccc(N=C(N)NC#N)c1. The Balaban J connectivity index is 0.000000921. The van der Waals surface area contributed by atoms with Crippen LogP contribution in [0.25, 0.3) is 0 Å². The highest BCUT2D eigenvalue weighted by molar-refractivity contribution is 5.82. The Morgan fingerprint density at radius 1 is 1.53 bits per heavy atom. The summed E-state index contributed by atoms with van der Waals surface area (Å²) in [5.41, 5.74) is 7.22. The molecule has 0 heterocycles. The number of nitrogens with two attached hydrogens (primary N) is 1. The van der Waals surface area contributed by atoms with E-state index in [9.17, 15) is 0 Å². The summed E-state index contributed by atoms with van der Waals surface area (Å²) < 4.78 is 0. The van der Waals surface area contributed by atoms with Gasteiger partial charge in [-0.3, -0.25) is 5.32 Å². The third-order valence-corrected chi connectivity index (χ3v) is 1.44. The van der Waals surface area contributed by atoms with Gasteiger partial charge in [-0.25, -0.2) is 4.99 Å².